The molecule has 3 aromatic rings. The topological polar surface area (TPSA) is 114 Å². The molecule has 3 atom stereocenters. The number of alkyl carbamates (subject to hydrolysis) is 1. The first kappa shape index (κ1) is 29.2. The number of benzene rings is 3. The summed E-state index contributed by atoms with van der Waals surface area (Å²) in [7, 11) is 0. The van der Waals surface area contributed by atoms with Gasteiger partial charge in [-0.2, -0.15) is 8.78 Å². The quantitative estimate of drug-likeness (QED) is 0.275. The van der Waals surface area contributed by atoms with Crippen LogP contribution in [0.3, 0.4) is 0 Å². The highest BCUT2D eigenvalue weighted by Gasteiger charge is 2.55. The molecule has 42 heavy (non-hydrogen) atoms. The first-order chi connectivity index (χ1) is 20.2. The van der Waals surface area contributed by atoms with Crippen LogP contribution in [0.15, 0.2) is 78.9 Å². The fraction of sp³-hybridized carbons (Fsp3) is 0.344. The Morgan fingerprint density at radius 2 is 1.48 bits per heavy atom. The molecule has 3 N–H and O–H groups in total. The number of ether oxygens (including phenoxy) is 2. The standard InChI is InChI=1S/C32H32F2N2O6/c1-19(41-17-20-9-3-2-4-10-20)27(29(37)38)35-30(39)32(33,34)28(21-15-16-21)36-31(40)42-18-26-24-13-7-5-11-22(24)23-12-6-8-14-25(23)26/h2-14,19,21,26-28H,15-18H2,1H3,(H,35,39)(H,36,40)(H,37,38). The Labute approximate surface area is 242 Å². The third-order valence-corrected chi connectivity index (χ3v) is 7.78. The first-order valence-electron chi connectivity index (χ1n) is 13.9. The second-order valence-electron chi connectivity index (χ2n) is 10.7. The van der Waals surface area contributed by atoms with Gasteiger partial charge in [0.1, 0.15) is 12.6 Å². The number of nitrogens with one attached hydrogen (secondary N) is 2. The third-order valence-electron chi connectivity index (χ3n) is 7.78. The minimum Gasteiger partial charge on any atom is -0.480 e. The normalized spacial score (nSPS) is 16.5. The Bertz CT molecular complexity index is 1400. The van der Waals surface area contributed by atoms with Crippen molar-refractivity contribution in [2.45, 2.75) is 56.4 Å². The zero-order valence-corrected chi connectivity index (χ0v) is 23.0. The number of halogens is 2. The second kappa shape index (κ2) is 12.3. The van der Waals surface area contributed by atoms with E-state index in [4.69, 9.17) is 9.47 Å². The lowest BCUT2D eigenvalue weighted by atomic mass is 9.98. The summed E-state index contributed by atoms with van der Waals surface area (Å²) in [6.07, 6.45) is -1.42. The Morgan fingerprint density at radius 1 is 0.905 bits per heavy atom. The predicted octanol–water partition coefficient (Wildman–Crippen LogP) is 5.11. The molecule has 220 valence electrons. The van der Waals surface area contributed by atoms with Crippen LogP contribution in [-0.4, -0.2) is 53.8 Å². The first-order valence-corrected chi connectivity index (χ1v) is 13.9. The summed E-state index contributed by atoms with van der Waals surface area (Å²) in [6, 6.07) is 20.8. The molecular formula is C32H32F2N2O6. The summed E-state index contributed by atoms with van der Waals surface area (Å²) >= 11 is 0. The SMILES string of the molecule is CC(OCc1ccccc1)C(NC(=O)C(F)(F)C(NC(=O)OCC1c2ccccc2-c2ccccc21)C1CC1)C(=O)O. The van der Waals surface area contributed by atoms with Gasteiger partial charge < -0.3 is 25.2 Å². The highest BCUT2D eigenvalue weighted by atomic mass is 19.3. The lowest BCUT2D eigenvalue weighted by molar-refractivity contribution is -0.158. The molecule has 2 aliphatic rings. The van der Waals surface area contributed by atoms with E-state index in [1.54, 1.807) is 24.3 Å². The molecule has 3 unspecified atom stereocenters. The number of hydrogen-bond acceptors (Lipinski definition) is 5. The molecule has 0 spiro atoms. The van der Waals surface area contributed by atoms with Gasteiger partial charge in [-0.1, -0.05) is 78.9 Å². The van der Waals surface area contributed by atoms with Crippen LogP contribution >= 0.6 is 0 Å². The van der Waals surface area contributed by atoms with E-state index < -0.39 is 48.0 Å². The summed E-state index contributed by atoms with van der Waals surface area (Å²) in [4.78, 5) is 37.4. The fourth-order valence-electron chi connectivity index (χ4n) is 5.36. The van der Waals surface area contributed by atoms with Gasteiger partial charge in [0.2, 0.25) is 0 Å². The Kier molecular flexibility index (Phi) is 8.54. The van der Waals surface area contributed by atoms with E-state index in [2.05, 4.69) is 5.32 Å². The monoisotopic (exact) mass is 578 g/mol. The number of amides is 2. The van der Waals surface area contributed by atoms with Crippen LogP contribution in [0.25, 0.3) is 11.1 Å². The van der Waals surface area contributed by atoms with Crippen molar-refractivity contribution >= 4 is 18.0 Å². The van der Waals surface area contributed by atoms with Gasteiger partial charge in [-0.05, 0) is 53.5 Å². The van der Waals surface area contributed by atoms with Crippen LogP contribution in [0.5, 0.6) is 0 Å². The molecule has 0 heterocycles. The minimum absolute atomic E-state index is 0.0338. The molecule has 2 aliphatic carbocycles. The van der Waals surface area contributed by atoms with E-state index in [0.717, 1.165) is 27.8 Å². The van der Waals surface area contributed by atoms with Crippen molar-refractivity contribution in [2.24, 2.45) is 5.92 Å². The summed E-state index contributed by atoms with van der Waals surface area (Å²) < 4.78 is 42.0. The van der Waals surface area contributed by atoms with Crippen molar-refractivity contribution < 1.29 is 37.7 Å². The number of alkyl halides is 2. The lowest BCUT2D eigenvalue weighted by Crippen LogP contribution is -2.60. The van der Waals surface area contributed by atoms with Crippen molar-refractivity contribution in [3.63, 3.8) is 0 Å². The maximum absolute atomic E-state index is 15.5. The maximum Gasteiger partial charge on any atom is 0.407 e. The highest BCUT2D eigenvalue weighted by molar-refractivity contribution is 5.89. The number of carboxylic acids is 1. The third kappa shape index (κ3) is 6.28. The Hall–Kier alpha value is -4.31. The van der Waals surface area contributed by atoms with Gasteiger partial charge in [0, 0.05) is 5.92 Å². The zero-order chi connectivity index (χ0) is 29.9. The number of hydrogen-bond donors (Lipinski definition) is 3. The molecule has 3 aromatic carbocycles. The molecule has 1 fully saturated rings. The van der Waals surface area contributed by atoms with Crippen molar-refractivity contribution in [1.82, 2.24) is 10.6 Å². The summed E-state index contributed by atoms with van der Waals surface area (Å²) in [6.45, 7) is 1.34. The molecule has 0 radical (unpaired) electrons. The summed E-state index contributed by atoms with van der Waals surface area (Å²) in [5.74, 6) is -8.34. The highest BCUT2D eigenvalue weighted by Crippen LogP contribution is 2.44. The number of carbonyl (C=O) groups excluding carboxylic acids is 2. The van der Waals surface area contributed by atoms with Gasteiger partial charge in [0.05, 0.1) is 12.7 Å². The Morgan fingerprint density at radius 3 is 2.05 bits per heavy atom. The van der Waals surface area contributed by atoms with Crippen molar-refractivity contribution in [3.8, 4) is 11.1 Å². The van der Waals surface area contributed by atoms with Crippen LogP contribution in [0.2, 0.25) is 0 Å². The summed E-state index contributed by atoms with van der Waals surface area (Å²) in [5, 5.41) is 13.8. The van der Waals surface area contributed by atoms with E-state index in [0.29, 0.717) is 12.8 Å². The summed E-state index contributed by atoms with van der Waals surface area (Å²) in [5.41, 5.74) is 4.75. The molecule has 0 bridgehead atoms. The van der Waals surface area contributed by atoms with Crippen LogP contribution in [0.4, 0.5) is 13.6 Å². The largest absolute Gasteiger partial charge is 0.480 e. The van der Waals surface area contributed by atoms with Gasteiger partial charge in [-0.15, -0.1) is 0 Å². The van der Waals surface area contributed by atoms with Gasteiger partial charge in [0.25, 0.3) is 5.91 Å². The van der Waals surface area contributed by atoms with Crippen LogP contribution < -0.4 is 10.6 Å². The van der Waals surface area contributed by atoms with Crippen LogP contribution in [-0.2, 0) is 25.7 Å². The van der Waals surface area contributed by atoms with Crippen molar-refractivity contribution in [2.75, 3.05) is 6.61 Å². The smallest absolute Gasteiger partial charge is 0.407 e. The van der Waals surface area contributed by atoms with E-state index in [-0.39, 0.29) is 19.1 Å². The number of carbonyl (C=O) groups is 3. The molecule has 8 nitrogen and oxygen atoms in total. The van der Waals surface area contributed by atoms with Crippen LogP contribution in [0.1, 0.15) is 42.4 Å². The lowest BCUT2D eigenvalue weighted by Gasteiger charge is -2.29. The molecule has 10 heteroatoms. The van der Waals surface area contributed by atoms with Gasteiger partial charge in [-0.25, -0.2) is 9.59 Å². The average molecular weight is 579 g/mol. The molecule has 0 aromatic heterocycles. The van der Waals surface area contributed by atoms with Crippen molar-refractivity contribution in [1.29, 1.82) is 0 Å². The van der Waals surface area contributed by atoms with E-state index >= 15 is 8.78 Å². The minimum atomic E-state index is -4.10. The average Bonchev–Trinajstić information content (AvgIpc) is 3.78. The number of carboxylic acid groups (broad SMARTS) is 1. The number of rotatable bonds is 12. The van der Waals surface area contributed by atoms with Gasteiger partial charge >= 0.3 is 18.0 Å². The van der Waals surface area contributed by atoms with Crippen molar-refractivity contribution in [3.05, 3.63) is 95.6 Å². The van der Waals surface area contributed by atoms with Gasteiger partial charge in [-0.3, -0.25) is 4.79 Å². The van der Waals surface area contributed by atoms with E-state index in [9.17, 15) is 19.5 Å². The molecular weight excluding hydrogens is 546 g/mol. The maximum atomic E-state index is 15.5. The number of fused-ring (bicyclic) bond motifs is 3. The molecule has 2 amide bonds. The van der Waals surface area contributed by atoms with Gasteiger partial charge in [0.15, 0.2) is 6.04 Å². The fourth-order valence-corrected chi connectivity index (χ4v) is 5.36. The van der Waals surface area contributed by atoms with E-state index in [1.165, 1.54) is 6.92 Å². The Balaban J connectivity index is 1.22. The molecule has 0 aliphatic heterocycles. The molecule has 0 saturated heterocycles. The second-order valence-corrected chi connectivity index (χ2v) is 10.7. The van der Waals surface area contributed by atoms with Crippen LogP contribution in [0, 0.1) is 5.92 Å². The molecule has 5 rings (SSSR count). The zero-order valence-electron chi connectivity index (χ0n) is 23.0. The van der Waals surface area contributed by atoms with E-state index in [1.807, 2.05) is 59.9 Å². The molecule has 1 saturated carbocycles. The number of aliphatic carboxylic acids is 1. The predicted molar refractivity (Wildman–Crippen MR) is 150 cm³/mol.